The van der Waals surface area contributed by atoms with Crippen LogP contribution in [0.15, 0.2) is 24.7 Å². The molecule has 6 nitrogen and oxygen atoms in total. The molecule has 2 aromatic rings. The molecule has 20 heavy (non-hydrogen) atoms. The molecule has 106 valence electrons. The number of carbonyl (C=O) groups is 1. The summed E-state index contributed by atoms with van der Waals surface area (Å²) in [6, 6.07) is 0. The minimum Gasteiger partial charge on any atom is -0.474 e. The highest BCUT2D eigenvalue weighted by molar-refractivity contribution is 6.13. The number of H-pyrrole nitrogens is 1. The van der Waals surface area contributed by atoms with Crippen LogP contribution in [0.3, 0.4) is 0 Å². The molecular weight excluding hydrogens is 256 g/mol. The molecule has 0 saturated carbocycles. The number of rotatable bonds is 6. The number of ketones is 1. The van der Waals surface area contributed by atoms with Gasteiger partial charge in [-0.15, -0.1) is 0 Å². The van der Waals surface area contributed by atoms with Crippen LogP contribution in [0.2, 0.25) is 0 Å². The number of likely N-dealkylation sites (N-methyl/N-ethyl adjacent to an activating group) is 1. The number of aromatic amines is 1. The van der Waals surface area contributed by atoms with E-state index in [1.807, 2.05) is 20.9 Å². The SMILES string of the molecule is CNC/C=C/C(=O)c1c[nH]c2ncnc(OC(C)C)c12. The van der Waals surface area contributed by atoms with Crippen molar-refractivity contribution in [3.05, 3.63) is 30.2 Å². The molecule has 0 aliphatic carbocycles. The predicted octanol–water partition coefficient (Wildman–Crippen LogP) is 1.70. The molecule has 0 spiro atoms. The lowest BCUT2D eigenvalue weighted by atomic mass is 10.1. The maximum absolute atomic E-state index is 12.2. The molecule has 0 saturated heterocycles. The van der Waals surface area contributed by atoms with E-state index >= 15 is 0 Å². The molecule has 2 heterocycles. The van der Waals surface area contributed by atoms with Crippen LogP contribution < -0.4 is 10.1 Å². The summed E-state index contributed by atoms with van der Waals surface area (Å²) in [7, 11) is 1.82. The Hall–Kier alpha value is -2.21. The molecule has 0 unspecified atom stereocenters. The van der Waals surface area contributed by atoms with Gasteiger partial charge in [0.05, 0.1) is 17.1 Å². The van der Waals surface area contributed by atoms with Gasteiger partial charge in [0.15, 0.2) is 5.78 Å². The number of fused-ring (bicyclic) bond motifs is 1. The lowest BCUT2D eigenvalue weighted by Crippen LogP contribution is -2.08. The summed E-state index contributed by atoms with van der Waals surface area (Å²) in [6.07, 6.45) is 6.34. The van der Waals surface area contributed by atoms with Crippen molar-refractivity contribution in [3.8, 4) is 5.88 Å². The van der Waals surface area contributed by atoms with Gasteiger partial charge in [-0.05, 0) is 27.0 Å². The van der Waals surface area contributed by atoms with E-state index in [-0.39, 0.29) is 11.9 Å². The van der Waals surface area contributed by atoms with E-state index in [0.29, 0.717) is 29.0 Å². The van der Waals surface area contributed by atoms with Crippen molar-refractivity contribution in [2.24, 2.45) is 0 Å². The third kappa shape index (κ3) is 3.03. The van der Waals surface area contributed by atoms with Crippen molar-refractivity contribution in [1.29, 1.82) is 0 Å². The number of nitrogens with one attached hydrogen (secondary N) is 2. The lowest BCUT2D eigenvalue weighted by Gasteiger charge is -2.09. The van der Waals surface area contributed by atoms with E-state index in [1.165, 1.54) is 12.4 Å². The number of allylic oxidation sites excluding steroid dienone is 1. The third-order valence-electron chi connectivity index (χ3n) is 2.64. The molecule has 0 radical (unpaired) electrons. The molecule has 2 rings (SSSR count). The van der Waals surface area contributed by atoms with Crippen molar-refractivity contribution < 1.29 is 9.53 Å². The molecule has 0 bridgehead atoms. The highest BCUT2D eigenvalue weighted by Gasteiger charge is 2.16. The van der Waals surface area contributed by atoms with E-state index < -0.39 is 0 Å². The summed E-state index contributed by atoms with van der Waals surface area (Å²) < 4.78 is 5.64. The number of ether oxygens (including phenoxy) is 1. The van der Waals surface area contributed by atoms with E-state index in [2.05, 4.69) is 20.3 Å². The normalized spacial score (nSPS) is 11.6. The van der Waals surface area contributed by atoms with Crippen LogP contribution in [0, 0.1) is 0 Å². The van der Waals surface area contributed by atoms with Crippen LogP contribution in [0.5, 0.6) is 5.88 Å². The van der Waals surface area contributed by atoms with Gasteiger partial charge in [-0.25, -0.2) is 9.97 Å². The summed E-state index contributed by atoms with van der Waals surface area (Å²) in [6.45, 7) is 4.46. The van der Waals surface area contributed by atoms with Gasteiger partial charge in [0.2, 0.25) is 5.88 Å². The Bertz CT molecular complexity index is 631. The van der Waals surface area contributed by atoms with Gasteiger partial charge in [-0.2, -0.15) is 0 Å². The predicted molar refractivity (Wildman–Crippen MR) is 77.0 cm³/mol. The van der Waals surface area contributed by atoms with Gasteiger partial charge in [0.1, 0.15) is 12.0 Å². The van der Waals surface area contributed by atoms with Crippen molar-refractivity contribution in [3.63, 3.8) is 0 Å². The van der Waals surface area contributed by atoms with Crippen LogP contribution in [-0.2, 0) is 0 Å². The molecule has 0 aliphatic heterocycles. The van der Waals surface area contributed by atoms with Crippen LogP contribution in [0.4, 0.5) is 0 Å². The second-order valence-corrected chi connectivity index (χ2v) is 4.60. The second-order valence-electron chi connectivity index (χ2n) is 4.60. The fourth-order valence-corrected chi connectivity index (χ4v) is 1.81. The van der Waals surface area contributed by atoms with E-state index in [4.69, 9.17) is 4.74 Å². The standard InChI is InChI=1S/C14H18N4O2/c1-9(2)20-14-12-10(11(19)5-4-6-15-3)7-16-13(12)17-8-18-14/h4-5,7-9,15H,6H2,1-3H3,(H,16,17,18)/b5-4+. The highest BCUT2D eigenvalue weighted by Crippen LogP contribution is 2.26. The summed E-state index contributed by atoms with van der Waals surface area (Å²) in [5, 5.41) is 3.57. The Labute approximate surface area is 117 Å². The second kappa shape index (κ2) is 6.29. The van der Waals surface area contributed by atoms with Crippen LogP contribution in [0.25, 0.3) is 11.0 Å². The number of hydrogen-bond acceptors (Lipinski definition) is 5. The minimum absolute atomic E-state index is 0.0224. The molecule has 6 heteroatoms. The zero-order chi connectivity index (χ0) is 14.5. The average molecular weight is 274 g/mol. The maximum Gasteiger partial charge on any atom is 0.227 e. The van der Waals surface area contributed by atoms with E-state index in [9.17, 15) is 4.79 Å². The Balaban J connectivity index is 2.41. The molecular formula is C14H18N4O2. The van der Waals surface area contributed by atoms with Gasteiger partial charge in [-0.1, -0.05) is 6.08 Å². The lowest BCUT2D eigenvalue weighted by molar-refractivity contribution is 0.104. The fraction of sp³-hybridized carbons (Fsp3) is 0.357. The van der Waals surface area contributed by atoms with Gasteiger partial charge in [-0.3, -0.25) is 4.79 Å². The topological polar surface area (TPSA) is 79.9 Å². The minimum atomic E-state index is -0.102. The van der Waals surface area contributed by atoms with Crippen molar-refractivity contribution in [1.82, 2.24) is 20.3 Å². The molecule has 0 amide bonds. The first-order chi connectivity index (χ1) is 9.63. The van der Waals surface area contributed by atoms with Gasteiger partial charge >= 0.3 is 0 Å². The monoisotopic (exact) mass is 274 g/mol. The Morgan fingerprint density at radius 2 is 2.30 bits per heavy atom. The first-order valence-corrected chi connectivity index (χ1v) is 6.47. The third-order valence-corrected chi connectivity index (χ3v) is 2.64. The smallest absolute Gasteiger partial charge is 0.227 e. The zero-order valence-corrected chi connectivity index (χ0v) is 11.8. The molecule has 0 fully saturated rings. The number of hydrogen-bond donors (Lipinski definition) is 2. The first kappa shape index (κ1) is 14.2. The summed E-state index contributed by atoms with van der Waals surface area (Å²) >= 11 is 0. The largest absolute Gasteiger partial charge is 0.474 e. The highest BCUT2D eigenvalue weighted by atomic mass is 16.5. The van der Waals surface area contributed by atoms with Crippen LogP contribution in [-0.4, -0.2) is 40.4 Å². The molecule has 0 aliphatic rings. The summed E-state index contributed by atoms with van der Waals surface area (Å²) in [5.41, 5.74) is 1.12. The Kier molecular flexibility index (Phi) is 4.47. The van der Waals surface area contributed by atoms with Crippen LogP contribution >= 0.6 is 0 Å². The molecule has 2 aromatic heterocycles. The quantitative estimate of drug-likeness (QED) is 0.619. The number of aromatic nitrogens is 3. The van der Waals surface area contributed by atoms with Crippen molar-refractivity contribution in [2.45, 2.75) is 20.0 Å². The molecule has 0 aromatic carbocycles. The van der Waals surface area contributed by atoms with Crippen molar-refractivity contribution in [2.75, 3.05) is 13.6 Å². The van der Waals surface area contributed by atoms with Crippen LogP contribution in [0.1, 0.15) is 24.2 Å². The molecule has 0 atom stereocenters. The van der Waals surface area contributed by atoms with Gasteiger partial charge in [0, 0.05) is 12.7 Å². The zero-order valence-electron chi connectivity index (χ0n) is 11.8. The van der Waals surface area contributed by atoms with E-state index in [0.717, 1.165) is 0 Å². The Morgan fingerprint density at radius 3 is 3.00 bits per heavy atom. The van der Waals surface area contributed by atoms with Gasteiger partial charge in [0.25, 0.3) is 0 Å². The fourth-order valence-electron chi connectivity index (χ4n) is 1.81. The first-order valence-electron chi connectivity index (χ1n) is 6.47. The van der Waals surface area contributed by atoms with E-state index in [1.54, 1.807) is 12.3 Å². The van der Waals surface area contributed by atoms with Gasteiger partial charge < -0.3 is 15.0 Å². The number of carbonyl (C=O) groups excluding carboxylic acids is 1. The number of nitrogens with zero attached hydrogens (tertiary/aromatic N) is 2. The summed E-state index contributed by atoms with van der Waals surface area (Å²) in [5.74, 6) is 0.325. The summed E-state index contributed by atoms with van der Waals surface area (Å²) in [4.78, 5) is 23.4. The molecule has 2 N–H and O–H groups in total. The Morgan fingerprint density at radius 1 is 1.50 bits per heavy atom. The van der Waals surface area contributed by atoms with Crippen molar-refractivity contribution >= 4 is 16.8 Å². The average Bonchev–Trinajstić information content (AvgIpc) is 2.83. The maximum atomic E-state index is 12.2.